The lowest BCUT2D eigenvalue weighted by Crippen LogP contribution is -2.40. The summed E-state index contributed by atoms with van der Waals surface area (Å²) in [4.78, 5) is 24.0. The minimum atomic E-state index is -0.574. The second-order valence-electron chi connectivity index (χ2n) is 7.40. The van der Waals surface area contributed by atoms with Crippen molar-refractivity contribution in [1.82, 2.24) is 5.32 Å². The fourth-order valence-corrected chi connectivity index (χ4v) is 3.31. The quantitative estimate of drug-likeness (QED) is 0.512. The average Bonchev–Trinajstić information content (AvgIpc) is 2.77. The molecule has 0 unspecified atom stereocenters. The van der Waals surface area contributed by atoms with Crippen LogP contribution in [0.15, 0.2) is 72.8 Å². The first-order valence-electron chi connectivity index (χ1n) is 10.2. The first-order chi connectivity index (χ1) is 14.9. The summed E-state index contributed by atoms with van der Waals surface area (Å²) >= 11 is 0. The molecule has 0 heterocycles. The number of amides is 2. The molecule has 3 aromatic carbocycles. The maximum atomic E-state index is 13.9. The van der Waals surface area contributed by atoms with Crippen molar-refractivity contribution in [1.29, 1.82) is 0 Å². The van der Waals surface area contributed by atoms with E-state index in [-0.39, 0.29) is 17.8 Å². The van der Waals surface area contributed by atoms with Gasteiger partial charge in [0, 0.05) is 11.3 Å². The maximum absolute atomic E-state index is 13.9. The molecule has 5 nitrogen and oxygen atoms in total. The van der Waals surface area contributed by atoms with Gasteiger partial charge < -0.3 is 11.1 Å². The van der Waals surface area contributed by atoms with Crippen LogP contribution in [0.4, 0.5) is 10.1 Å². The highest BCUT2D eigenvalue weighted by Gasteiger charge is 2.21. The third-order valence-corrected chi connectivity index (χ3v) is 5.15. The smallest absolute Gasteiger partial charge is 0.248 e. The summed E-state index contributed by atoms with van der Waals surface area (Å²) in [6.45, 7) is 3.83. The van der Waals surface area contributed by atoms with E-state index in [1.165, 1.54) is 17.7 Å². The highest BCUT2D eigenvalue weighted by molar-refractivity contribution is 5.96. The summed E-state index contributed by atoms with van der Waals surface area (Å²) in [5, 5.41) is 6.13. The molecular weight excluding hydrogens is 393 g/mol. The van der Waals surface area contributed by atoms with Gasteiger partial charge in [-0.05, 0) is 66.4 Å². The monoisotopic (exact) mass is 419 g/mol. The second-order valence-corrected chi connectivity index (χ2v) is 7.40. The molecule has 0 aliphatic carbocycles. The van der Waals surface area contributed by atoms with Gasteiger partial charge in [-0.2, -0.15) is 0 Å². The Morgan fingerprint density at radius 3 is 2.23 bits per heavy atom. The number of nitrogens with two attached hydrogens (primary N) is 1. The Kier molecular flexibility index (Phi) is 7.15. The minimum Gasteiger partial charge on any atom is -0.366 e. The van der Waals surface area contributed by atoms with Crippen LogP contribution < -0.4 is 16.4 Å². The summed E-state index contributed by atoms with van der Waals surface area (Å²) in [7, 11) is 0. The largest absolute Gasteiger partial charge is 0.366 e. The van der Waals surface area contributed by atoms with E-state index in [0.29, 0.717) is 11.3 Å². The Morgan fingerprint density at radius 1 is 0.968 bits per heavy atom. The van der Waals surface area contributed by atoms with E-state index >= 15 is 0 Å². The van der Waals surface area contributed by atoms with Crippen LogP contribution >= 0.6 is 0 Å². The fourth-order valence-electron chi connectivity index (χ4n) is 3.31. The van der Waals surface area contributed by atoms with Crippen molar-refractivity contribution < 1.29 is 14.0 Å². The molecule has 0 aromatic heterocycles. The number of nitrogens with one attached hydrogen (secondary N) is 2. The summed E-state index contributed by atoms with van der Waals surface area (Å²) in [6.07, 6.45) is 0.922. The molecule has 3 rings (SSSR count). The zero-order valence-electron chi connectivity index (χ0n) is 17.6. The molecule has 0 spiro atoms. The van der Waals surface area contributed by atoms with Gasteiger partial charge in [-0.25, -0.2) is 4.39 Å². The number of carbonyl (C=O) groups is 2. The Labute approximate surface area is 181 Å². The lowest BCUT2D eigenvalue weighted by atomic mass is 9.96. The van der Waals surface area contributed by atoms with Crippen LogP contribution in [-0.2, 0) is 11.2 Å². The van der Waals surface area contributed by atoms with E-state index in [4.69, 9.17) is 5.73 Å². The lowest BCUT2D eigenvalue weighted by molar-refractivity contribution is -0.117. The topological polar surface area (TPSA) is 84.2 Å². The van der Waals surface area contributed by atoms with Gasteiger partial charge in [0.05, 0.1) is 12.1 Å². The number of hydrogen-bond donors (Lipinski definition) is 3. The van der Waals surface area contributed by atoms with Gasteiger partial charge in [0.25, 0.3) is 0 Å². The Morgan fingerprint density at radius 2 is 1.65 bits per heavy atom. The number of rotatable bonds is 8. The molecule has 0 aliphatic heterocycles. The average molecular weight is 420 g/mol. The van der Waals surface area contributed by atoms with E-state index in [1.807, 2.05) is 30.3 Å². The van der Waals surface area contributed by atoms with Crippen molar-refractivity contribution >= 4 is 17.5 Å². The first-order valence-corrected chi connectivity index (χ1v) is 10.2. The van der Waals surface area contributed by atoms with Crippen molar-refractivity contribution in [3.63, 3.8) is 0 Å². The molecule has 2 atom stereocenters. The number of aryl methyl sites for hydroxylation is 1. The third kappa shape index (κ3) is 5.77. The number of anilines is 1. The normalized spacial score (nSPS) is 12.7. The van der Waals surface area contributed by atoms with Crippen LogP contribution in [0.1, 0.15) is 46.9 Å². The zero-order chi connectivity index (χ0) is 22.4. The highest BCUT2D eigenvalue weighted by Crippen LogP contribution is 2.24. The van der Waals surface area contributed by atoms with E-state index in [9.17, 15) is 14.0 Å². The molecule has 31 heavy (non-hydrogen) atoms. The lowest BCUT2D eigenvalue weighted by Gasteiger charge is -2.24. The molecule has 0 bridgehead atoms. The minimum absolute atomic E-state index is 0.251. The van der Waals surface area contributed by atoms with Gasteiger partial charge in [0.1, 0.15) is 5.82 Å². The molecule has 4 N–H and O–H groups in total. The van der Waals surface area contributed by atoms with E-state index < -0.39 is 11.9 Å². The molecule has 160 valence electrons. The predicted octanol–water partition coefficient (Wildman–Crippen LogP) is 4.19. The zero-order valence-corrected chi connectivity index (χ0v) is 17.6. The van der Waals surface area contributed by atoms with Crippen molar-refractivity contribution in [2.45, 2.75) is 32.4 Å². The van der Waals surface area contributed by atoms with Gasteiger partial charge in [-0.1, -0.05) is 43.3 Å². The Balaban J connectivity index is 1.79. The second kappa shape index (κ2) is 10.00. The number of halogens is 1. The molecule has 0 fully saturated rings. The molecule has 6 heteroatoms. The summed E-state index contributed by atoms with van der Waals surface area (Å²) in [6, 6.07) is 19.8. The molecule has 3 aromatic rings. The van der Waals surface area contributed by atoms with Crippen LogP contribution in [0.25, 0.3) is 0 Å². The standard InChI is InChI=1S/C25H26FN3O2/c1-3-17-7-9-18(10-8-17)23(20-5-4-6-21(26)15-20)28-16(2)25(31)29-22-13-11-19(12-14-22)24(27)30/h4-16,23,28H,3H2,1-2H3,(H2,27,30)(H,29,31)/t16-,23-/m0/s1. The van der Waals surface area contributed by atoms with Crippen LogP contribution in [0.2, 0.25) is 0 Å². The van der Waals surface area contributed by atoms with Gasteiger partial charge in [-0.15, -0.1) is 0 Å². The van der Waals surface area contributed by atoms with Gasteiger partial charge in [0.2, 0.25) is 11.8 Å². The third-order valence-electron chi connectivity index (χ3n) is 5.15. The number of carbonyl (C=O) groups excluding carboxylic acids is 2. The van der Waals surface area contributed by atoms with Gasteiger partial charge in [-0.3, -0.25) is 14.9 Å². The Hall–Kier alpha value is -3.51. The molecule has 0 radical (unpaired) electrons. The van der Waals surface area contributed by atoms with Crippen molar-refractivity contribution in [3.05, 3.63) is 101 Å². The summed E-state index contributed by atoms with van der Waals surface area (Å²) < 4.78 is 13.9. The maximum Gasteiger partial charge on any atom is 0.248 e. The van der Waals surface area contributed by atoms with Gasteiger partial charge >= 0.3 is 0 Å². The molecule has 0 aliphatic rings. The fraction of sp³-hybridized carbons (Fsp3) is 0.200. The molecular formula is C25H26FN3O2. The van der Waals surface area contributed by atoms with Gasteiger partial charge in [0.15, 0.2) is 0 Å². The Bertz CT molecular complexity index is 1050. The highest BCUT2D eigenvalue weighted by atomic mass is 19.1. The van der Waals surface area contributed by atoms with E-state index in [2.05, 4.69) is 17.6 Å². The number of hydrogen-bond acceptors (Lipinski definition) is 3. The first kappa shape index (κ1) is 22.2. The SMILES string of the molecule is CCc1ccc([C@H](N[C@@H](C)C(=O)Nc2ccc(C(N)=O)cc2)c2cccc(F)c2)cc1. The summed E-state index contributed by atoms with van der Waals surface area (Å²) in [5.74, 6) is -1.11. The number of benzene rings is 3. The molecule has 2 amide bonds. The van der Waals surface area contributed by atoms with E-state index in [1.54, 1.807) is 37.3 Å². The van der Waals surface area contributed by atoms with E-state index in [0.717, 1.165) is 17.5 Å². The van der Waals surface area contributed by atoms with Crippen LogP contribution in [0.5, 0.6) is 0 Å². The number of primary amides is 1. The van der Waals surface area contributed by atoms with Crippen molar-refractivity contribution in [3.8, 4) is 0 Å². The van der Waals surface area contributed by atoms with Crippen LogP contribution in [0.3, 0.4) is 0 Å². The molecule has 0 saturated heterocycles. The van der Waals surface area contributed by atoms with Crippen molar-refractivity contribution in [2.24, 2.45) is 5.73 Å². The van der Waals surface area contributed by atoms with Crippen LogP contribution in [-0.4, -0.2) is 17.9 Å². The summed E-state index contributed by atoms with van der Waals surface area (Å²) in [5.41, 5.74) is 9.04. The van der Waals surface area contributed by atoms with Crippen LogP contribution in [0, 0.1) is 5.82 Å². The molecule has 0 saturated carbocycles. The van der Waals surface area contributed by atoms with Crippen molar-refractivity contribution in [2.75, 3.05) is 5.32 Å². The predicted molar refractivity (Wildman–Crippen MR) is 120 cm³/mol.